The fraction of sp³-hybridized carbons (Fsp3) is 0.250. The van der Waals surface area contributed by atoms with Crippen molar-refractivity contribution in [1.29, 1.82) is 0 Å². The third kappa shape index (κ3) is 3.08. The molecule has 19 heavy (non-hydrogen) atoms. The molecule has 0 radical (unpaired) electrons. The van der Waals surface area contributed by atoms with Crippen molar-refractivity contribution in [2.45, 2.75) is 0 Å². The average molecular weight is 263 g/mol. The van der Waals surface area contributed by atoms with Crippen LogP contribution in [0.25, 0.3) is 0 Å². The average Bonchev–Trinajstić information content (AvgIpc) is 2.37. The minimum absolute atomic E-state index is 0.188. The smallest absolute Gasteiger partial charge is 0.255 e. The van der Waals surface area contributed by atoms with Crippen LogP contribution in [-0.2, 0) is 19.1 Å². The van der Waals surface area contributed by atoms with Gasteiger partial charge in [0.25, 0.3) is 11.8 Å². The molecular formula is C12H13N3O4. The highest BCUT2D eigenvalue weighted by Gasteiger charge is 2.28. The highest BCUT2D eigenvalue weighted by atomic mass is 16.5. The molecule has 0 saturated carbocycles. The largest absolute Gasteiger partial charge is 0.397 e. The first-order valence-corrected chi connectivity index (χ1v) is 5.63. The van der Waals surface area contributed by atoms with Crippen LogP contribution in [0.1, 0.15) is 0 Å². The number of morpholine rings is 1. The highest BCUT2D eigenvalue weighted by Crippen LogP contribution is 2.16. The van der Waals surface area contributed by atoms with Gasteiger partial charge in [-0.2, -0.15) is 0 Å². The second-order valence-electron chi connectivity index (χ2n) is 4.00. The monoisotopic (exact) mass is 263 g/mol. The number of benzene rings is 1. The number of rotatable bonds is 3. The van der Waals surface area contributed by atoms with E-state index >= 15 is 0 Å². The first kappa shape index (κ1) is 13.0. The van der Waals surface area contributed by atoms with E-state index in [4.69, 9.17) is 10.5 Å². The Hall–Kier alpha value is -2.41. The van der Waals surface area contributed by atoms with Gasteiger partial charge in [0.2, 0.25) is 5.91 Å². The molecular weight excluding hydrogens is 250 g/mol. The van der Waals surface area contributed by atoms with Crippen LogP contribution in [0.4, 0.5) is 11.4 Å². The SMILES string of the molecule is Nc1ccccc1NC(=O)CN1C(=O)COCC1=O. The standard InChI is InChI=1S/C12H13N3O4/c13-8-3-1-2-4-9(8)14-10(16)5-15-11(17)6-19-7-12(15)18/h1-4H,5-7,13H2,(H,14,16). The molecule has 0 unspecified atom stereocenters. The van der Waals surface area contributed by atoms with Gasteiger partial charge < -0.3 is 15.8 Å². The Kier molecular flexibility index (Phi) is 3.76. The fourth-order valence-electron chi connectivity index (χ4n) is 1.64. The van der Waals surface area contributed by atoms with Crippen LogP contribution >= 0.6 is 0 Å². The molecule has 1 heterocycles. The zero-order valence-corrected chi connectivity index (χ0v) is 10.1. The van der Waals surface area contributed by atoms with E-state index in [1.807, 2.05) is 0 Å². The minimum Gasteiger partial charge on any atom is -0.397 e. The van der Waals surface area contributed by atoms with Gasteiger partial charge in [0.05, 0.1) is 11.4 Å². The van der Waals surface area contributed by atoms with E-state index < -0.39 is 17.7 Å². The normalized spacial score (nSPS) is 15.5. The quantitative estimate of drug-likeness (QED) is 0.570. The molecule has 0 aliphatic carbocycles. The predicted molar refractivity (Wildman–Crippen MR) is 67.0 cm³/mol. The van der Waals surface area contributed by atoms with Crippen molar-refractivity contribution >= 4 is 29.1 Å². The topological polar surface area (TPSA) is 102 Å². The van der Waals surface area contributed by atoms with Crippen molar-refractivity contribution < 1.29 is 19.1 Å². The molecule has 1 aromatic rings. The van der Waals surface area contributed by atoms with Crippen molar-refractivity contribution in [2.75, 3.05) is 30.8 Å². The summed E-state index contributed by atoms with van der Waals surface area (Å²) in [4.78, 5) is 35.5. The molecule has 7 heteroatoms. The van der Waals surface area contributed by atoms with E-state index in [1.54, 1.807) is 24.3 Å². The first-order valence-electron chi connectivity index (χ1n) is 5.63. The summed E-state index contributed by atoms with van der Waals surface area (Å²) in [6.07, 6.45) is 0. The minimum atomic E-state index is -0.521. The zero-order chi connectivity index (χ0) is 13.8. The number of hydrogen-bond acceptors (Lipinski definition) is 5. The van der Waals surface area contributed by atoms with Gasteiger partial charge in [0.15, 0.2) is 0 Å². The number of nitrogen functional groups attached to an aromatic ring is 1. The molecule has 0 bridgehead atoms. The molecule has 3 amide bonds. The van der Waals surface area contributed by atoms with Gasteiger partial charge in [-0.3, -0.25) is 19.3 Å². The maximum Gasteiger partial charge on any atom is 0.255 e. The number of nitrogens with one attached hydrogen (secondary N) is 1. The van der Waals surface area contributed by atoms with Crippen molar-refractivity contribution in [2.24, 2.45) is 0 Å². The lowest BCUT2D eigenvalue weighted by molar-refractivity contribution is -0.159. The van der Waals surface area contributed by atoms with Crippen LogP contribution < -0.4 is 11.1 Å². The molecule has 0 aromatic heterocycles. The van der Waals surface area contributed by atoms with E-state index in [1.165, 1.54) is 0 Å². The zero-order valence-electron chi connectivity index (χ0n) is 10.1. The number of nitrogens with two attached hydrogens (primary N) is 1. The van der Waals surface area contributed by atoms with Gasteiger partial charge in [0.1, 0.15) is 19.8 Å². The number of para-hydroxylation sites is 2. The van der Waals surface area contributed by atoms with Crippen molar-refractivity contribution in [3.8, 4) is 0 Å². The molecule has 2 rings (SSSR count). The molecule has 0 spiro atoms. The number of hydrogen-bond donors (Lipinski definition) is 2. The molecule has 7 nitrogen and oxygen atoms in total. The number of imide groups is 1. The highest BCUT2D eigenvalue weighted by molar-refractivity contribution is 6.04. The molecule has 1 saturated heterocycles. The van der Waals surface area contributed by atoms with Crippen LogP contribution in [0.3, 0.4) is 0 Å². The van der Waals surface area contributed by atoms with Crippen LogP contribution in [-0.4, -0.2) is 42.4 Å². The summed E-state index contributed by atoms with van der Waals surface area (Å²) in [6, 6.07) is 6.73. The van der Waals surface area contributed by atoms with Crippen molar-refractivity contribution in [1.82, 2.24) is 4.90 Å². The van der Waals surface area contributed by atoms with Crippen LogP contribution in [0.2, 0.25) is 0 Å². The van der Waals surface area contributed by atoms with Crippen LogP contribution in [0, 0.1) is 0 Å². The van der Waals surface area contributed by atoms with Gasteiger partial charge in [-0.05, 0) is 12.1 Å². The number of anilines is 2. The lowest BCUT2D eigenvalue weighted by atomic mass is 10.2. The first-order chi connectivity index (χ1) is 9.08. The van der Waals surface area contributed by atoms with E-state index in [0.717, 1.165) is 4.90 Å². The Bertz CT molecular complexity index is 513. The molecule has 1 fully saturated rings. The van der Waals surface area contributed by atoms with Gasteiger partial charge in [0, 0.05) is 0 Å². The van der Waals surface area contributed by atoms with Gasteiger partial charge in [-0.25, -0.2) is 0 Å². The maximum absolute atomic E-state index is 11.8. The van der Waals surface area contributed by atoms with Crippen LogP contribution in [0.5, 0.6) is 0 Å². The number of nitrogens with zero attached hydrogens (tertiary/aromatic N) is 1. The summed E-state index contributed by atoms with van der Waals surface area (Å²) in [5.74, 6) is -1.53. The number of carbonyl (C=O) groups is 3. The van der Waals surface area contributed by atoms with E-state index in [-0.39, 0.29) is 19.8 Å². The summed E-state index contributed by atoms with van der Waals surface area (Å²) in [5, 5.41) is 2.55. The van der Waals surface area contributed by atoms with E-state index in [0.29, 0.717) is 11.4 Å². The summed E-state index contributed by atoms with van der Waals surface area (Å²) in [6.45, 7) is -0.714. The Morgan fingerprint density at radius 2 is 1.89 bits per heavy atom. The van der Waals surface area contributed by atoms with Crippen LogP contribution in [0.15, 0.2) is 24.3 Å². The second kappa shape index (κ2) is 5.49. The summed E-state index contributed by atoms with van der Waals surface area (Å²) in [7, 11) is 0. The molecule has 1 aliphatic rings. The molecule has 1 aromatic carbocycles. The van der Waals surface area contributed by atoms with Gasteiger partial charge in [-0.15, -0.1) is 0 Å². The molecule has 1 aliphatic heterocycles. The lowest BCUT2D eigenvalue weighted by Gasteiger charge is -2.24. The molecule has 0 atom stereocenters. The second-order valence-corrected chi connectivity index (χ2v) is 4.00. The molecule has 3 N–H and O–H groups in total. The van der Waals surface area contributed by atoms with Crippen molar-refractivity contribution in [3.63, 3.8) is 0 Å². The predicted octanol–water partition coefficient (Wildman–Crippen LogP) is -0.407. The number of ether oxygens (including phenoxy) is 1. The third-order valence-corrected chi connectivity index (χ3v) is 2.59. The fourth-order valence-corrected chi connectivity index (χ4v) is 1.64. The Labute approximate surface area is 109 Å². The number of amides is 3. The Morgan fingerprint density at radius 3 is 2.53 bits per heavy atom. The van der Waals surface area contributed by atoms with E-state index in [9.17, 15) is 14.4 Å². The Balaban J connectivity index is 1.99. The summed E-state index contributed by atoms with van der Waals surface area (Å²) >= 11 is 0. The summed E-state index contributed by atoms with van der Waals surface area (Å²) < 4.78 is 4.75. The van der Waals surface area contributed by atoms with E-state index in [2.05, 4.69) is 5.32 Å². The number of carbonyl (C=O) groups excluding carboxylic acids is 3. The summed E-state index contributed by atoms with van der Waals surface area (Å²) in [5.41, 5.74) is 6.53. The van der Waals surface area contributed by atoms with Gasteiger partial charge in [-0.1, -0.05) is 12.1 Å². The third-order valence-electron chi connectivity index (χ3n) is 2.59. The van der Waals surface area contributed by atoms with Gasteiger partial charge >= 0.3 is 0 Å². The Morgan fingerprint density at radius 1 is 1.26 bits per heavy atom. The maximum atomic E-state index is 11.8. The lowest BCUT2D eigenvalue weighted by Crippen LogP contribution is -2.49. The molecule has 100 valence electrons. The van der Waals surface area contributed by atoms with Crippen molar-refractivity contribution in [3.05, 3.63) is 24.3 Å².